The molecular weight excluding hydrogens is 284 g/mol. The summed E-state index contributed by atoms with van der Waals surface area (Å²) < 4.78 is 6.22. The smallest absolute Gasteiger partial charge is 0.153 e. The Labute approximate surface area is 135 Å². The van der Waals surface area contributed by atoms with Crippen LogP contribution >= 0.6 is 0 Å². The van der Waals surface area contributed by atoms with Gasteiger partial charge in [-0.3, -0.25) is 4.98 Å². The average Bonchev–Trinajstić information content (AvgIpc) is 2.89. The predicted molar refractivity (Wildman–Crippen MR) is 94.3 cm³/mol. The summed E-state index contributed by atoms with van der Waals surface area (Å²) in [6.45, 7) is 6.52. The molecule has 2 aromatic heterocycles. The highest BCUT2D eigenvalue weighted by Crippen LogP contribution is 2.41. The van der Waals surface area contributed by atoms with Crippen LogP contribution in [0.1, 0.15) is 25.0 Å². The Morgan fingerprint density at radius 3 is 2.83 bits per heavy atom. The van der Waals surface area contributed by atoms with Crippen LogP contribution < -0.4 is 0 Å². The van der Waals surface area contributed by atoms with Crippen molar-refractivity contribution in [2.45, 2.75) is 26.3 Å². The molecule has 1 aromatic carbocycles. The van der Waals surface area contributed by atoms with Gasteiger partial charge in [0.1, 0.15) is 11.1 Å². The summed E-state index contributed by atoms with van der Waals surface area (Å²) in [7, 11) is 2.11. The molecule has 1 unspecified atom stereocenters. The van der Waals surface area contributed by atoms with Crippen molar-refractivity contribution in [1.82, 2.24) is 9.88 Å². The Morgan fingerprint density at radius 1 is 1.17 bits per heavy atom. The number of aryl methyl sites for hydroxylation is 1. The number of likely N-dealkylation sites (N-methyl/N-ethyl adjacent to an activating group) is 1. The van der Waals surface area contributed by atoms with E-state index in [-0.39, 0.29) is 5.54 Å². The van der Waals surface area contributed by atoms with Gasteiger partial charge in [0.2, 0.25) is 0 Å². The number of benzene rings is 1. The SMILES string of the molecule is CC1=CC(C)(c2c(C)ccc3c2oc2cccnc23)N(C)C=C1. The van der Waals surface area contributed by atoms with Crippen LogP contribution in [0.4, 0.5) is 0 Å². The quantitative estimate of drug-likeness (QED) is 0.639. The fraction of sp³-hybridized carbons (Fsp3) is 0.250. The summed E-state index contributed by atoms with van der Waals surface area (Å²) >= 11 is 0. The lowest BCUT2D eigenvalue weighted by Crippen LogP contribution is -2.38. The van der Waals surface area contributed by atoms with Gasteiger partial charge < -0.3 is 9.32 Å². The van der Waals surface area contributed by atoms with E-state index in [9.17, 15) is 0 Å². The van der Waals surface area contributed by atoms with Crippen molar-refractivity contribution in [3.8, 4) is 0 Å². The van der Waals surface area contributed by atoms with Crippen LogP contribution in [0, 0.1) is 6.92 Å². The largest absolute Gasteiger partial charge is 0.454 e. The van der Waals surface area contributed by atoms with Gasteiger partial charge >= 0.3 is 0 Å². The first-order valence-corrected chi connectivity index (χ1v) is 7.88. The van der Waals surface area contributed by atoms with Crippen LogP contribution in [0.25, 0.3) is 22.1 Å². The molecule has 116 valence electrons. The molecule has 0 saturated heterocycles. The van der Waals surface area contributed by atoms with Crippen LogP contribution in [0.5, 0.6) is 0 Å². The Hall–Kier alpha value is -2.55. The standard InChI is InChI=1S/C20H20N2O/c1-13-9-11-22(4)20(3,12-13)17-14(2)7-8-15-18-16(23-19(15)17)6-5-10-21-18/h5-12H,1-4H3. The molecular formula is C20H20N2O. The van der Waals surface area contributed by atoms with Gasteiger partial charge in [-0.1, -0.05) is 17.7 Å². The third-order valence-electron chi connectivity index (χ3n) is 4.91. The first kappa shape index (κ1) is 14.1. The second-order valence-electron chi connectivity index (χ2n) is 6.55. The zero-order valence-corrected chi connectivity index (χ0v) is 13.9. The number of rotatable bonds is 1. The Kier molecular flexibility index (Phi) is 2.89. The molecule has 1 aliphatic rings. The molecule has 1 aliphatic heterocycles. The number of hydrogen-bond donors (Lipinski definition) is 0. The van der Waals surface area contributed by atoms with Crippen molar-refractivity contribution in [2.24, 2.45) is 0 Å². The summed E-state index contributed by atoms with van der Waals surface area (Å²) in [5.74, 6) is 0. The highest BCUT2D eigenvalue weighted by Gasteiger charge is 2.34. The topological polar surface area (TPSA) is 29.3 Å². The number of furan rings is 1. The molecule has 0 N–H and O–H groups in total. The van der Waals surface area contributed by atoms with Crippen LogP contribution in [-0.2, 0) is 5.54 Å². The summed E-state index contributed by atoms with van der Waals surface area (Å²) in [6, 6.07) is 8.18. The molecule has 0 fully saturated rings. The van der Waals surface area contributed by atoms with E-state index in [4.69, 9.17) is 4.42 Å². The van der Waals surface area contributed by atoms with Gasteiger partial charge in [0.25, 0.3) is 0 Å². The lowest BCUT2D eigenvalue weighted by atomic mass is 9.83. The van der Waals surface area contributed by atoms with Gasteiger partial charge in [-0.25, -0.2) is 0 Å². The third kappa shape index (κ3) is 1.93. The predicted octanol–water partition coefficient (Wildman–Crippen LogP) is 4.91. The molecule has 0 radical (unpaired) electrons. The maximum Gasteiger partial charge on any atom is 0.153 e. The molecule has 3 heterocycles. The zero-order valence-electron chi connectivity index (χ0n) is 13.9. The van der Waals surface area contributed by atoms with Gasteiger partial charge in [-0.15, -0.1) is 0 Å². The summed E-state index contributed by atoms with van der Waals surface area (Å²) in [5, 5.41) is 1.08. The van der Waals surface area contributed by atoms with E-state index in [0.717, 1.165) is 22.1 Å². The molecule has 1 atom stereocenters. The second kappa shape index (κ2) is 4.72. The van der Waals surface area contributed by atoms with Crippen molar-refractivity contribution in [2.75, 3.05) is 7.05 Å². The first-order chi connectivity index (χ1) is 11.0. The van der Waals surface area contributed by atoms with Crippen molar-refractivity contribution in [3.63, 3.8) is 0 Å². The minimum absolute atomic E-state index is 0.240. The maximum atomic E-state index is 6.22. The number of fused-ring (bicyclic) bond motifs is 3. The molecule has 0 spiro atoms. The van der Waals surface area contributed by atoms with Gasteiger partial charge in [-0.2, -0.15) is 0 Å². The summed E-state index contributed by atoms with van der Waals surface area (Å²) in [6.07, 6.45) is 8.39. The maximum absolute atomic E-state index is 6.22. The lowest BCUT2D eigenvalue weighted by molar-refractivity contribution is 0.259. The van der Waals surface area contributed by atoms with Crippen molar-refractivity contribution in [1.29, 1.82) is 0 Å². The van der Waals surface area contributed by atoms with E-state index < -0.39 is 0 Å². The van der Waals surface area contributed by atoms with Gasteiger partial charge in [0.15, 0.2) is 5.58 Å². The second-order valence-corrected chi connectivity index (χ2v) is 6.55. The molecule has 0 bridgehead atoms. The van der Waals surface area contributed by atoms with E-state index >= 15 is 0 Å². The van der Waals surface area contributed by atoms with E-state index in [0.29, 0.717) is 0 Å². The Morgan fingerprint density at radius 2 is 2.00 bits per heavy atom. The molecule has 0 aliphatic carbocycles. The van der Waals surface area contributed by atoms with Crippen molar-refractivity contribution >= 4 is 22.1 Å². The van der Waals surface area contributed by atoms with Gasteiger partial charge in [-0.05, 0) is 50.6 Å². The molecule has 0 saturated carbocycles. The normalized spacial score (nSPS) is 21.2. The van der Waals surface area contributed by atoms with E-state index in [1.807, 2.05) is 18.3 Å². The van der Waals surface area contributed by atoms with Crippen LogP contribution in [-0.4, -0.2) is 16.9 Å². The molecule has 0 amide bonds. The number of aromatic nitrogens is 1. The summed E-state index contributed by atoms with van der Waals surface area (Å²) in [5.41, 5.74) is 6.17. The third-order valence-corrected chi connectivity index (χ3v) is 4.91. The zero-order chi connectivity index (χ0) is 16.2. The molecule has 3 nitrogen and oxygen atoms in total. The Bertz CT molecular complexity index is 980. The van der Waals surface area contributed by atoms with Crippen LogP contribution in [0.15, 0.2) is 58.8 Å². The van der Waals surface area contributed by atoms with Crippen LogP contribution in [0.3, 0.4) is 0 Å². The summed E-state index contributed by atoms with van der Waals surface area (Å²) in [4.78, 5) is 6.74. The fourth-order valence-electron chi connectivity index (χ4n) is 3.61. The van der Waals surface area contributed by atoms with E-state index in [2.05, 4.69) is 68.2 Å². The number of hydrogen-bond acceptors (Lipinski definition) is 3. The van der Waals surface area contributed by atoms with Gasteiger partial charge in [0, 0.05) is 30.4 Å². The minimum atomic E-state index is -0.240. The highest BCUT2D eigenvalue weighted by molar-refractivity contribution is 6.04. The molecule has 3 heteroatoms. The van der Waals surface area contributed by atoms with Crippen LogP contribution in [0.2, 0.25) is 0 Å². The van der Waals surface area contributed by atoms with E-state index in [1.54, 1.807) is 0 Å². The number of nitrogens with zero attached hydrogens (tertiary/aromatic N) is 2. The van der Waals surface area contributed by atoms with E-state index in [1.165, 1.54) is 16.7 Å². The molecule has 3 aromatic rings. The number of allylic oxidation sites excluding steroid dienone is 2. The first-order valence-electron chi connectivity index (χ1n) is 7.88. The van der Waals surface area contributed by atoms with Gasteiger partial charge in [0.05, 0.1) is 5.54 Å². The Balaban J connectivity index is 2.11. The molecule has 23 heavy (non-hydrogen) atoms. The monoisotopic (exact) mass is 304 g/mol. The van der Waals surface area contributed by atoms with Crippen molar-refractivity contribution < 1.29 is 4.42 Å². The number of pyridine rings is 1. The minimum Gasteiger partial charge on any atom is -0.454 e. The highest BCUT2D eigenvalue weighted by atomic mass is 16.3. The fourth-order valence-corrected chi connectivity index (χ4v) is 3.61. The van der Waals surface area contributed by atoms with Crippen molar-refractivity contribution in [3.05, 3.63) is 65.5 Å². The lowest BCUT2D eigenvalue weighted by Gasteiger charge is -2.39. The average molecular weight is 304 g/mol. The molecule has 4 rings (SSSR count).